The van der Waals surface area contributed by atoms with Crippen molar-refractivity contribution in [3.8, 4) is 44.5 Å². The summed E-state index contributed by atoms with van der Waals surface area (Å²) >= 11 is 1.91. The van der Waals surface area contributed by atoms with Crippen LogP contribution in [0.4, 0.5) is 17.1 Å². The fraction of sp³-hybridized carbons (Fsp3) is 0.0645. The highest BCUT2D eigenvalue weighted by atomic mass is 32.1. The smallest absolute Gasteiger partial charge is 0.0726 e. The number of rotatable bonds is 4. The SMILES string of the molecule is CC1(C)c2ccccc2-c2ccc(N(c3ccc4c(c3)C3(c5ccccc5-c5ccccc53)c3ccccc3-4)c3c(-c4ccccc4)c4c5ccccc5sc4c4ccccc34)cc21. The average molecular weight is 832 g/mol. The third-order valence-electron chi connectivity index (χ3n) is 14.9. The van der Waals surface area contributed by atoms with Crippen LogP contribution in [0.5, 0.6) is 0 Å². The number of hydrogen-bond acceptors (Lipinski definition) is 2. The molecule has 0 radical (unpaired) electrons. The molecule has 14 rings (SSSR count). The number of benzene rings is 10. The Morgan fingerprint density at radius 2 is 0.828 bits per heavy atom. The van der Waals surface area contributed by atoms with Gasteiger partial charge in [0.1, 0.15) is 0 Å². The van der Waals surface area contributed by atoms with Crippen LogP contribution in [0.25, 0.3) is 75.5 Å². The molecule has 0 unspecified atom stereocenters. The minimum absolute atomic E-state index is 0.174. The lowest BCUT2D eigenvalue weighted by atomic mass is 9.70. The summed E-state index contributed by atoms with van der Waals surface area (Å²) in [4.78, 5) is 2.62. The lowest BCUT2D eigenvalue weighted by Gasteiger charge is -2.34. The molecule has 0 saturated carbocycles. The first-order valence-electron chi connectivity index (χ1n) is 22.4. The first-order chi connectivity index (χ1) is 31.5. The van der Waals surface area contributed by atoms with Crippen LogP contribution in [0.2, 0.25) is 0 Å². The molecule has 0 aliphatic heterocycles. The Labute approximate surface area is 377 Å². The van der Waals surface area contributed by atoms with Crippen molar-refractivity contribution in [3.63, 3.8) is 0 Å². The van der Waals surface area contributed by atoms with E-state index in [1.807, 2.05) is 11.3 Å². The molecule has 0 saturated heterocycles. The van der Waals surface area contributed by atoms with Gasteiger partial charge in [0.25, 0.3) is 0 Å². The lowest BCUT2D eigenvalue weighted by molar-refractivity contribution is 0.660. The average Bonchev–Trinajstić information content (AvgIpc) is 4.04. The van der Waals surface area contributed by atoms with Gasteiger partial charge in [-0.3, -0.25) is 0 Å². The molecule has 300 valence electrons. The maximum Gasteiger partial charge on any atom is 0.0726 e. The van der Waals surface area contributed by atoms with Gasteiger partial charge >= 0.3 is 0 Å². The standard InChI is InChI=1S/C62H41NS/c1-61(2)50-27-13-8-20-41(50)45-34-32-39(36-54(45)61)63(59-47-24-6-7-25-48(47)60-58(49-26-12-17-31-56(49)64-60)57(59)38-18-4-3-5-19-38)40-33-35-46-44-23-11-16-30-53(44)62(55(46)37-40)51-28-14-9-21-42(51)43-22-10-15-29-52(43)62/h3-37H,1-2H3. The highest BCUT2D eigenvalue weighted by Crippen LogP contribution is 2.64. The van der Waals surface area contributed by atoms with Crippen molar-refractivity contribution < 1.29 is 0 Å². The molecule has 1 aromatic heterocycles. The maximum absolute atomic E-state index is 2.62. The third-order valence-corrected chi connectivity index (χ3v) is 16.1. The summed E-state index contributed by atoms with van der Waals surface area (Å²) < 4.78 is 2.63. The van der Waals surface area contributed by atoms with E-state index in [1.165, 1.54) is 115 Å². The van der Waals surface area contributed by atoms with Gasteiger partial charge in [0.15, 0.2) is 0 Å². The maximum atomic E-state index is 2.62. The van der Waals surface area contributed by atoms with Crippen molar-refractivity contribution in [3.05, 3.63) is 246 Å². The van der Waals surface area contributed by atoms with Crippen LogP contribution in [0, 0.1) is 0 Å². The first kappa shape index (κ1) is 36.0. The van der Waals surface area contributed by atoms with Crippen molar-refractivity contribution in [2.45, 2.75) is 24.7 Å². The molecule has 2 heteroatoms. The molecule has 0 fully saturated rings. The highest BCUT2D eigenvalue weighted by molar-refractivity contribution is 7.26. The summed E-state index contributed by atoms with van der Waals surface area (Å²) in [6.45, 7) is 4.79. The van der Waals surface area contributed by atoms with Gasteiger partial charge in [-0.05, 0) is 103 Å². The molecule has 1 spiro atoms. The van der Waals surface area contributed by atoms with Crippen LogP contribution in [0.1, 0.15) is 47.2 Å². The molecule has 0 atom stereocenters. The van der Waals surface area contributed by atoms with Crippen LogP contribution < -0.4 is 4.90 Å². The second-order valence-corrected chi connectivity index (χ2v) is 19.3. The molecule has 11 aromatic rings. The Kier molecular flexibility index (Phi) is 7.32. The zero-order valence-corrected chi connectivity index (χ0v) is 36.4. The number of anilines is 3. The lowest BCUT2D eigenvalue weighted by Crippen LogP contribution is -2.26. The van der Waals surface area contributed by atoms with E-state index < -0.39 is 5.41 Å². The molecule has 3 aliphatic carbocycles. The Balaban J connectivity index is 1.14. The molecule has 0 bridgehead atoms. The molecule has 1 heterocycles. The molecule has 1 nitrogen and oxygen atoms in total. The van der Waals surface area contributed by atoms with Gasteiger partial charge in [0.2, 0.25) is 0 Å². The van der Waals surface area contributed by atoms with Crippen molar-refractivity contribution >= 4 is 59.3 Å². The molecule has 0 amide bonds. The second-order valence-electron chi connectivity index (χ2n) is 18.3. The van der Waals surface area contributed by atoms with Crippen LogP contribution >= 0.6 is 11.3 Å². The van der Waals surface area contributed by atoms with Crippen molar-refractivity contribution in [2.75, 3.05) is 4.90 Å². The molecule has 64 heavy (non-hydrogen) atoms. The number of hydrogen-bond donors (Lipinski definition) is 0. The van der Waals surface area contributed by atoms with E-state index in [0.29, 0.717) is 0 Å². The largest absolute Gasteiger partial charge is 0.309 e. The highest BCUT2D eigenvalue weighted by Gasteiger charge is 2.51. The fourth-order valence-electron chi connectivity index (χ4n) is 12.2. The Bertz CT molecular complexity index is 3710. The van der Waals surface area contributed by atoms with E-state index in [-0.39, 0.29) is 5.41 Å². The molecular formula is C62H41NS. The van der Waals surface area contributed by atoms with E-state index in [2.05, 4.69) is 231 Å². The molecule has 3 aliphatic rings. The van der Waals surface area contributed by atoms with Gasteiger partial charge in [0.05, 0.1) is 11.1 Å². The fourth-order valence-corrected chi connectivity index (χ4v) is 13.5. The van der Waals surface area contributed by atoms with Gasteiger partial charge in [-0.1, -0.05) is 196 Å². The van der Waals surface area contributed by atoms with Gasteiger partial charge in [-0.25, -0.2) is 0 Å². The van der Waals surface area contributed by atoms with E-state index >= 15 is 0 Å². The number of nitrogens with zero attached hydrogens (tertiary/aromatic N) is 1. The number of fused-ring (bicyclic) bond motifs is 18. The molecule has 10 aromatic carbocycles. The third kappa shape index (κ3) is 4.58. The van der Waals surface area contributed by atoms with Crippen molar-refractivity contribution in [2.24, 2.45) is 0 Å². The Morgan fingerprint density at radius 1 is 0.375 bits per heavy atom. The topological polar surface area (TPSA) is 3.24 Å². The van der Waals surface area contributed by atoms with Gasteiger partial charge < -0.3 is 4.90 Å². The first-order valence-corrected chi connectivity index (χ1v) is 23.2. The minimum Gasteiger partial charge on any atom is -0.309 e. The van der Waals surface area contributed by atoms with Crippen LogP contribution in [0.3, 0.4) is 0 Å². The second kappa shape index (κ2) is 13.0. The van der Waals surface area contributed by atoms with Crippen LogP contribution in [0.15, 0.2) is 212 Å². The Morgan fingerprint density at radius 3 is 1.45 bits per heavy atom. The summed E-state index contributed by atoms with van der Waals surface area (Å²) in [5, 5.41) is 5.11. The predicted octanol–water partition coefficient (Wildman–Crippen LogP) is 17.0. The summed E-state index contributed by atoms with van der Waals surface area (Å²) in [5.74, 6) is 0. The predicted molar refractivity (Wildman–Crippen MR) is 271 cm³/mol. The molecular weight excluding hydrogens is 791 g/mol. The van der Waals surface area contributed by atoms with Gasteiger partial charge in [0, 0.05) is 53.3 Å². The van der Waals surface area contributed by atoms with Crippen molar-refractivity contribution in [1.82, 2.24) is 0 Å². The minimum atomic E-state index is -0.472. The van der Waals surface area contributed by atoms with Crippen LogP contribution in [-0.2, 0) is 10.8 Å². The number of thiophene rings is 1. The van der Waals surface area contributed by atoms with Gasteiger partial charge in [-0.15, -0.1) is 11.3 Å². The van der Waals surface area contributed by atoms with Crippen molar-refractivity contribution in [1.29, 1.82) is 0 Å². The zero-order valence-electron chi connectivity index (χ0n) is 35.6. The zero-order chi connectivity index (χ0) is 42.3. The summed E-state index contributed by atoms with van der Waals surface area (Å²) in [5.41, 5.74) is 21.3. The quantitative estimate of drug-likeness (QED) is 0.171. The monoisotopic (exact) mass is 831 g/mol. The Hall–Kier alpha value is -7.52. The molecule has 0 N–H and O–H groups in total. The van der Waals surface area contributed by atoms with E-state index in [0.717, 1.165) is 11.4 Å². The van der Waals surface area contributed by atoms with E-state index in [4.69, 9.17) is 0 Å². The summed E-state index contributed by atoms with van der Waals surface area (Å²) in [6, 6.07) is 80.3. The van der Waals surface area contributed by atoms with Gasteiger partial charge in [-0.2, -0.15) is 0 Å². The summed E-state index contributed by atoms with van der Waals surface area (Å²) in [7, 11) is 0. The normalized spacial score (nSPS) is 14.3. The van der Waals surface area contributed by atoms with E-state index in [1.54, 1.807) is 0 Å². The summed E-state index contributed by atoms with van der Waals surface area (Å²) in [6.07, 6.45) is 0. The van der Waals surface area contributed by atoms with Crippen LogP contribution in [-0.4, -0.2) is 0 Å². The van der Waals surface area contributed by atoms with E-state index in [9.17, 15) is 0 Å².